The van der Waals surface area contributed by atoms with Gasteiger partial charge in [0.1, 0.15) is 12.4 Å². The number of hydrogen-bond acceptors (Lipinski definition) is 5. The maximum absolute atomic E-state index is 13.1. The van der Waals surface area contributed by atoms with E-state index in [9.17, 15) is 26.4 Å². The second kappa shape index (κ2) is 10.1. The van der Waals surface area contributed by atoms with Crippen LogP contribution in [0, 0.1) is 0 Å². The summed E-state index contributed by atoms with van der Waals surface area (Å²) < 4.78 is 76.6. The Balaban J connectivity index is 2.34. The van der Waals surface area contributed by atoms with Crippen molar-refractivity contribution in [1.82, 2.24) is 4.72 Å². The number of methoxy groups -OCH3 is 1. The zero-order chi connectivity index (χ0) is 23.2. The molecule has 7 nitrogen and oxygen atoms in total. The summed E-state index contributed by atoms with van der Waals surface area (Å²) in [6.07, 6.45) is -4.62. The number of rotatable bonds is 9. The number of alkyl halides is 3. The van der Waals surface area contributed by atoms with Crippen LogP contribution in [0.15, 0.2) is 47.4 Å². The van der Waals surface area contributed by atoms with E-state index in [2.05, 4.69) is 10.0 Å². The minimum atomic E-state index is -4.62. The van der Waals surface area contributed by atoms with Crippen molar-refractivity contribution in [3.8, 4) is 5.75 Å². The lowest BCUT2D eigenvalue weighted by molar-refractivity contribution is -0.137. The number of carbonyl (C=O) groups is 1. The minimum absolute atomic E-state index is 0.0173. The number of hydrogen-bond donors (Lipinski definition) is 2. The van der Waals surface area contributed by atoms with Gasteiger partial charge in [-0.05, 0) is 50.2 Å². The van der Waals surface area contributed by atoms with Gasteiger partial charge in [0.05, 0.1) is 22.8 Å². The first-order valence-electron chi connectivity index (χ1n) is 9.21. The first kappa shape index (κ1) is 24.6. The Morgan fingerprint density at radius 2 is 1.81 bits per heavy atom. The second-order valence-electron chi connectivity index (χ2n) is 6.81. The van der Waals surface area contributed by atoms with Crippen LogP contribution in [0.2, 0.25) is 0 Å². The van der Waals surface area contributed by atoms with E-state index in [1.807, 2.05) is 0 Å². The molecule has 170 valence electrons. The largest absolute Gasteiger partial charge is 0.489 e. The van der Waals surface area contributed by atoms with Gasteiger partial charge >= 0.3 is 6.18 Å². The molecule has 0 bridgehead atoms. The summed E-state index contributed by atoms with van der Waals surface area (Å²) in [7, 11) is -2.42. The Morgan fingerprint density at radius 1 is 1.10 bits per heavy atom. The van der Waals surface area contributed by atoms with Gasteiger partial charge < -0.3 is 14.8 Å². The van der Waals surface area contributed by atoms with E-state index in [1.165, 1.54) is 25.3 Å². The molecule has 2 aromatic rings. The average Bonchev–Trinajstić information content (AvgIpc) is 2.67. The summed E-state index contributed by atoms with van der Waals surface area (Å²) in [6.45, 7) is 3.54. The minimum Gasteiger partial charge on any atom is -0.489 e. The number of nitrogens with one attached hydrogen (secondary N) is 2. The Bertz CT molecular complexity index is 1020. The second-order valence-corrected chi connectivity index (χ2v) is 8.52. The molecular weight excluding hydrogens is 437 g/mol. The van der Waals surface area contributed by atoms with E-state index in [1.54, 1.807) is 13.8 Å². The highest BCUT2D eigenvalue weighted by Crippen LogP contribution is 2.35. The number of carbonyl (C=O) groups excluding carboxylic acids is 1. The standard InChI is InChI=1S/C20H23F3N2O5S/c1-13(2)25-31(27,28)16-6-4-5-14(11-16)19(26)24-17-12-15(20(21,22)23)7-8-18(17)30-10-9-29-3/h4-8,11-13,25H,9-10H2,1-3H3,(H,24,26). The quantitative estimate of drug-likeness (QED) is 0.557. The number of halogens is 3. The van der Waals surface area contributed by atoms with Crippen LogP contribution in [0.4, 0.5) is 18.9 Å². The van der Waals surface area contributed by atoms with Crippen LogP contribution in [0.3, 0.4) is 0 Å². The van der Waals surface area contributed by atoms with Gasteiger partial charge in [0, 0.05) is 18.7 Å². The summed E-state index contributed by atoms with van der Waals surface area (Å²) in [4.78, 5) is 12.5. The molecule has 0 radical (unpaired) electrons. The molecule has 2 rings (SSSR count). The highest BCUT2D eigenvalue weighted by molar-refractivity contribution is 7.89. The molecule has 0 saturated carbocycles. The maximum atomic E-state index is 13.1. The van der Waals surface area contributed by atoms with Crippen molar-refractivity contribution in [2.24, 2.45) is 0 Å². The number of anilines is 1. The number of amides is 1. The fraction of sp³-hybridized carbons (Fsp3) is 0.350. The van der Waals surface area contributed by atoms with Gasteiger partial charge in [0.15, 0.2) is 0 Å². The zero-order valence-electron chi connectivity index (χ0n) is 17.1. The topological polar surface area (TPSA) is 93.7 Å². The van der Waals surface area contributed by atoms with Crippen LogP contribution < -0.4 is 14.8 Å². The fourth-order valence-electron chi connectivity index (χ4n) is 2.54. The number of benzene rings is 2. The first-order valence-corrected chi connectivity index (χ1v) is 10.7. The van der Waals surface area contributed by atoms with Gasteiger partial charge in [-0.1, -0.05) is 6.07 Å². The highest BCUT2D eigenvalue weighted by atomic mass is 32.2. The lowest BCUT2D eigenvalue weighted by atomic mass is 10.1. The van der Waals surface area contributed by atoms with E-state index in [0.29, 0.717) is 0 Å². The SMILES string of the molecule is COCCOc1ccc(C(F)(F)F)cc1NC(=O)c1cccc(S(=O)(=O)NC(C)C)c1. The Hall–Kier alpha value is -2.63. The zero-order valence-corrected chi connectivity index (χ0v) is 17.9. The lowest BCUT2D eigenvalue weighted by Crippen LogP contribution is -2.30. The van der Waals surface area contributed by atoms with E-state index >= 15 is 0 Å². The lowest BCUT2D eigenvalue weighted by Gasteiger charge is -2.16. The van der Waals surface area contributed by atoms with Crippen molar-refractivity contribution in [3.05, 3.63) is 53.6 Å². The van der Waals surface area contributed by atoms with E-state index in [4.69, 9.17) is 9.47 Å². The van der Waals surface area contributed by atoms with Crippen molar-refractivity contribution in [1.29, 1.82) is 0 Å². The summed E-state index contributed by atoms with van der Waals surface area (Å²) >= 11 is 0. The first-order chi connectivity index (χ1) is 14.4. The van der Waals surface area contributed by atoms with Crippen LogP contribution in [0.1, 0.15) is 29.8 Å². The van der Waals surface area contributed by atoms with Crippen LogP contribution >= 0.6 is 0 Å². The molecule has 0 aromatic heterocycles. The van der Waals surface area contributed by atoms with E-state index < -0.39 is 27.7 Å². The summed E-state index contributed by atoms with van der Waals surface area (Å²) in [5.74, 6) is -0.777. The molecule has 0 saturated heterocycles. The van der Waals surface area contributed by atoms with Gasteiger partial charge in [-0.25, -0.2) is 13.1 Å². The molecule has 0 spiro atoms. The highest BCUT2D eigenvalue weighted by Gasteiger charge is 2.31. The Morgan fingerprint density at radius 3 is 2.42 bits per heavy atom. The molecule has 2 N–H and O–H groups in total. The van der Waals surface area contributed by atoms with E-state index in [0.717, 1.165) is 24.3 Å². The predicted molar refractivity (Wildman–Crippen MR) is 109 cm³/mol. The van der Waals surface area contributed by atoms with Crippen molar-refractivity contribution >= 4 is 21.6 Å². The molecule has 11 heteroatoms. The molecule has 0 heterocycles. The third kappa shape index (κ3) is 6.94. The van der Waals surface area contributed by atoms with Gasteiger partial charge in [-0.2, -0.15) is 13.2 Å². The molecule has 0 fully saturated rings. The van der Waals surface area contributed by atoms with Crippen LogP contribution in [0.5, 0.6) is 5.75 Å². The van der Waals surface area contributed by atoms with Crippen LogP contribution in [-0.2, 0) is 20.9 Å². The third-order valence-corrected chi connectivity index (χ3v) is 5.55. The number of sulfonamides is 1. The van der Waals surface area contributed by atoms with Crippen molar-refractivity contribution in [3.63, 3.8) is 0 Å². The Kier molecular flexibility index (Phi) is 8.04. The smallest absolute Gasteiger partial charge is 0.416 e. The van der Waals surface area contributed by atoms with E-state index in [-0.39, 0.29) is 41.2 Å². The van der Waals surface area contributed by atoms with Gasteiger partial charge in [0.2, 0.25) is 10.0 Å². The molecule has 0 unspecified atom stereocenters. The van der Waals surface area contributed by atoms with Crippen molar-refractivity contribution in [2.75, 3.05) is 25.6 Å². The van der Waals surface area contributed by atoms with Gasteiger partial charge in [-0.15, -0.1) is 0 Å². The summed E-state index contributed by atoms with van der Waals surface area (Å²) in [6, 6.07) is 7.49. The van der Waals surface area contributed by atoms with Crippen LogP contribution in [-0.4, -0.2) is 40.7 Å². The molecule has 0 aliphatic heterocycles. The molecular formula is C20H23F3N2O5S. The fourth-order valence-corrected chi connectivity index (χ4v) is 3.84. The summed E-state index contributed by atoms with van der Waals surface area (Å²) in [5, 5.41) is 2.37. The van der Waals surface area contributed by atoms with Gasteiger partial charge in [-0.3, -0.25) is 4.79 Å². The van der Waals surface area contributed by atoms with Gasteiger partial charge in [0.25, 0.3) is 5.91 Å². The molecule has 2 aromatic carbocycles. The Labute approximate surface area is 178 Å². The maximum Gasteiger partial charge on any atom is 0.416 e. The van der Waals surface area contributed by atoms with Crippen molar-refractivity contribution in [2.45, 2.75) is 31.0 Å². The molecule has 1 amide bonds. The number of ether oxygens (including phenoxy) is 2. The third-order valence-electron chi connectivity index (χ3n) is 3.90. The molecule has 31 heavy (non-hydrogen) atoms. The molecule has 0 aliphatic carbocycles. The average molecular weight is 460 g/mol. The predicted octanol–water partition coefficient (Wildman–Crippen LogP) is 3.67. The normalized spacial score (nSPS) is 12.1. The molecule has 0 aliphatic rings. The van der Waals surface area contributed by atoms with Crippen LogP contribution in [0.25, 0.3) is 0 Å². The molecule has 0 atom stereocenters. The monoisotopic (exact) mass is 460 g/mol. The summed E-state index contributed by atoms with van der Waals surface area (Å²) in [5.41, 5.74) is -1.23. The van der Waals surface area contributed by atoms with Crippen molar-refractivity contribution < 1.29 is 35.9 Å².